The number of hydrogen-bond donors (Lipinski definition) is 2. The molecule has 1 amide bonds. The van der Waals surface area contributed by atoms with Crippen LogP contribution in [0.5, 0.6) is 0 Å². The fourth-order valence-electron chi connectivity index (χ4n) is 1.34. The number of amides is 1. The van der Waals surface area contributed by atoms with Gasteiger partial charge in [0.15, 0.2) is 0 Å². The van der Waals surface area contributed by atoms with Crippen LogP contribution in [-0.2, 0) is 4.79 Å². The van der Waals surface area contributed by atoms with E-state index in [1.807, 2.05) is 0 Å². The number of halogens is 1. The van der Waals surface area contributed by atoms with Crippen LogP contribution >= 0.6 is 11.6 Å². The number of aromatic nitrogens is 1. The molecule has 1 heterocycles. The molecule has 0 bridgehead atoms. The maximum absolute atomic E-state index is 11.8. The molecule has 0 unspecified atom stereocenters. The van der Waals surface area contributed by atoms with E-state index in [1.165, 1.54) is 18.5 Å². The Balaban J connectivity index is 2.79. The Kier molecular flexibility index (Phi) is 4.07. The standard InChI is InChI=1S/C11H13ClN2O3/c1-11(2,5-9(15)16)14-10(17)7-6-13-4-3-8(7)12/h3-4,6H,5H2,1-2H3,(H,14,17)(H,15,16). The second-order valence-electron chi connectivity index (χ2n) is 4.26. The summed E-state index contributed by atoms with van der Waals surface area (Å²) in [6.45, 7) is 3.26. The first-order valence-electron chi connectivity index (χ1n) is 4.96. The lowest BCUT2D eigenvalue weighted by molar-refractivity contribution is -0.138. The molecule has 1 aromatic rings. The van der Waals surface area contributed by atoms with Gasteiger partial charge in [-0.15, -0.1) is 0 Å². The minimum absolute atomic E-state index is 0.170. The fourth-order valence-corrected chi connectivity index (χ4v) is 1.53. The van der Waals surface area contributed by atoms with Crippen LogP contribution in [0.4, 0.5) is 0 Å². The number of carbonyl (C=O) groups excluding carboxylic acids is 1. The van der Waals surface area contributed by atoms with Gasteiger partial charge in [-0.2, -0.15) is 0 Å². The van der Waals surface area contributed by atoms with Gasteiger partial charge in [0.05, 0.1) is 17.0 Å². The first-order valence-corrected chi connectivity index (χ1v) is 5.33. The summed E-state index contributed by atoms with van der Waals surface area (Å²) in [5, 5.41) is 11.6. The Labute approximate surface area is 104 Å². The topological polar surface area (TPSA) is 79.3 Å². The zero-order chi connectivity index (χ0) is 13.1. The number of carboxylic acid groups (broad SMARTS) is 1. The van der Waals surface area contributed by atoms with Gasteiger partial charge in [0.2, 0.25) is 0 Å². The van der Waals surface area contributed by atoms with Gasteiger partial charge < -0.3 is 10.4 Å². The molecule has 0 aromatic carbocycles. The summed E-state index contributed by atoms with van der Waals surface area (Å²) in [5.41, 5.74) is -0.616. The smallest absolute Gasteiger partial charge is 0.305 e. The van der Waals surface area contributed by atoms with Crippen molar-refractivity contribution in [2.24, 2.45) is 0 Å². The van der Waals surface area contributed by atoms with Crippen molar-refractivity contribution in [1.82, 2.24) is 10.3 Å². The second-order valence-corrected chi connectivity index (χ2v) is 4.67. The molecule has 0 aliphatic carbocycles. The van der Waals surface area contributed by atoms with Crippen molar-refractivity contribution in [2.75, 3.05) is 0 Å². The average Bonchev–Trinajstić information content (AvgIpc) is 2.14. The summed E-state index contributed by atoms with van der Waals surface area (Å²) in [6, 6.07) is 1.50. The highest BCUT2D eigenvalue weighted by Gasteiger charge is 2.25. The van der Waals surface area contributed by atoms with E-state index in [0.29, 0.717) is 0 Å². The van der Waals surface area contributed by atoms with Crippen molar-refractivity contribution in [3.05, 3.63) is 29.0 Å². The van der Waals surface area contributed by atoms with Gasteiger partial charge in [0.25, 0.3) is 5.91 Å². The minimum Gasteiger partial charge on any atom is -0.481 e. The van der Waals surface area contributed by atoms with E-state index in [-0.39, 0.29) is 17.0 Å². The van der Waals surface area contributed by atoms with Crippen LogP contribution in [0, 0.1) is 0 Å². The highest BCUT2D eigenvalue weighted by atomic mass is 35.5. The van der Waals surface area contributed by atoms with Gasteiger partial charge in [-0.3, -0.25) is 14.6 Å². The number of pyridine rings is 1. The number of hydrogen-bond acceptors (Lipinski definition) is 3. The summed E-state index contributed by atoms with van der Waals surface area (Å²) in [4.78, 5) is 26.2. The molecule has 6 heteroatoms. The first-order chi connectivity index (χ1) is 7.82. The molecule has 2 N–H and O–H groups in total. The van der Waals surface area contributed by atoms with E-state index in [0.717, 1.165) is 0 Å². The monoisotopic (exact) mass is 256 g/mol. The molecule has 17 heavy (non-hydrogen) atoms. The summed E-state index contributed by atoms with van der Waals surface area (Å²) >= 11 is 5.84. The normalized spacial score (nSPS) is 11.0. The van der Waals surface area contributed by atoms with Crippen molar-refractivity contribution in [2.45, 2.75) is 25.8 Å². The van der Waals surface area contributed by atoms with Crippen LogP contribution in [0.2, 0.25) is 5.02 Å². The molecule has 0 aliphatic heterocycles. The van der Waals surface area contributed by atoms with Crippen LogP contribution in [0.25, 0.3) is 0 Å². The molecule has 0 spiro atoms. The van der Waals surface area contributed by atoms with Crippen LogP contribution in [0.15, 0.2) is 18.5 Å². The van der Waals surface area contributed by atoms with Crippen molar-refractivity contribution >= 4 is 23.5 Å². The second kappa shape index (κ2) is 5.14. The van der Waals surface area contributed by atoms with E-state index in [4.69, 9.17) is 16.7 Å². The summed E-state index contributed by atoms with van der Waals surface area (Å²) in [7, 11) is 0. The molecule has 5 nitrogen and oxygen atoms in total. The SMILES string of the molecule is CC(C)(CC(=O)O)NC(=O)c1cnccc1Cl. The van der Waals surface area contributed by atoms with Crippen LogP contribution in [-0.4, -0.2) is 27.5 Å². The predicted octanol–water partition coefficient (Wildman–Crippen LogP) is 1.72. The molecule has 0 saturated heterocycles. The number of carboxylic acids is 1. The van der Waals surface area contributed by atoms with Gasteiger partial charge >= 0.3 is 5.97 Å². The number of aliphatic carboxylic acids is 1. The van der Waals surface area contributed by atoms with E-state index >= 15 is 0 Å². The van der Waals surface area contributed by atoms with Gasteiger partial charge in [-0.25, -0.2) is 0 Å². The van der Waals surface area contributed by atoms with E-state index in [2.05, 4.69) is 10.3 Å². The van der Waals surface area contributed by atoms with Gasteiger partial charge in [0, 0.05) is 17.9 Å². The average molecular weight is 257 g/mol. The summed E-state index contributed by atoms with van der Waals surface area (Å²) < 4.78 is 0. The third kappa shape index (κ3) is 4.03. The predicted molar refractivity (Wildman–Crippen MR) is 63.0 cm³/mol. The number of rotatable bonds is 4. The minimum atomic E-state index is -0.979. The maximum Gasteiger partial charge on any atom is 0.305 e. The molecule has 0 fully saturated rings. The molecule has 1 rings (SSSR count). The lowest BCUT2D eigenvalue weighted by Gasteiger charge is -2.24. The first kappa shape index (κ1) is 13.4. The fraction of sp³-hybridized carbons (Fsp3) is 0.364. The van der Waals surface area contributed by atoms with Crippen LogP contribution < -0.4 is 5.32 Å². The molecule has 0 saturated carbocycles. The Morgan fingerprint density at radius 3 is 2.71 bits per heavy atom. The highest BCUT2D eigenvalue weighted by Crippen LogP contribution is 2.16. The molecule has 0 radical (unpaired) electrons. The van der Waals surface area contributed by atoms with Crippen LogP contribution in [0.3, 0.4) is 0 Å². The zero-order valence-corrected chi connectivity index (χ0v) is 10.3. The van der Waals surface area contributed by atoms with Gasteiger partial charge in [-0.05, 0) is 19.9 Å². The largest absolute Gasteiger partial charge is 0.481 e. The number of nitrogens with zero attached hydrogens (tertiary/aromatic N) is 1. The van der Waals surface area contributed by atoms with Crippen molar-refractivity contribution in [3.8, 4) is 0 Å². The van der Waals surface area contributed by atoms with Crippen molar-refractivity contribution < 1.29 is 14.7 Å². The molecule has 92 valence electrons. The van der Waals surface area contributed by atoms with Gasteiger partial charge in [-0.1, -0.05) is 11.6 Å². The molecular formula is C11H13ClN2O3. The van der Waals surface area contributed by atoms with Crippen molar-refractivity contribution in [1.29, 1.82) is 0 Å². The quantitative estimate of drug-likeness (QED) is 0.860. The third-order valence-electron chi connectivity index (χ3n) is 2.06. The molecular weight excluding hydrogens is 244 g/mol. The molecule has 0 atom stereocenters. The third-order valence-corrected chi connectivity index (χ3v) is 2.39. The summed E-state index contributed by atoms with van der Waals surface area (Å²) in [6.07, 6.45) is 2.65. The van der Waals surface area contributed by atoms with E-state index < -0.39 is 17.4 Å². The Morgan fingerprint density at radius 2 is 2.18 bits per heavy atom. The zero-order valence-electron chi connectivity index (χ0n) is 9.53. The highest BCUT2D eigenvalue weighted by molar-refractivity contribution is 6.33. The Hall–Kier alpha value is -1.62. The number of carbonyl (C=O) groups is 2. The lowest BCUT2D eigenvalue weighted by atomic mass is 10.0. The maximum atomic E-state index is 11.8. The number of nitrogens with one attached hydrogen (secondary N) is 1. The van der Waals surface area contributed by atoms with Crippen molar-refractivity contribution in [3.63, 3.8) is 0 Å². The molecule has 0 aliphatic rings. The Bertz CT molecular complexity index is 446. The van der Waals surface area contributed by atoms with E-state index in [9.17, 15) is 9.59 Å². The lowest BCUT2D eigenvalue weighted by Crippen LogP contribution is -2.45. The van der Waals surface area contributed by atoms with E-state index in [1.54, 1.807) is 13.8 Å². The van der Waals surface area contributed by atoms with Crippen LogP contribution in [0.1, 0.15) is 30.6 Å². The Morgan fingerprint density at radius 1 is 1.53 bits per heavy atom. The molecule has 1 aromatic heterocycles. The van der Waals surface area contributed by atoms with Gasteiger partial charge in [0.1, 0.15) is 0 Å². The summed E-state index contributed by atoms with van der Waals surface area (Å²) in [5.74, 6) is -1.41.